The van der Waals surface area contributed by atoms with Crippen LogP contribution in [0.2, 0.25) is 0 Å². The second-order valence-electron chi connectivity index (χ2n) is 7.86. The van der Waals surface area contributed by atoms with Crippen molar-refractivity contribution in [2.75, 3.05) is 39.4 Å². The molecule has 1 aliphatic carbocycles. The molecule has 1 saturated carbocycles. The molecule has 0 atom stereocenters. The number of carbonyl (C=O) groups is 1. The summed E-state index contributed by atoms with van der Waals surface area (Å²) in [4.78, 5) is 18.2. The normalized spacial score (nSPS) is 18.0. The summed E-state index contributed by atoms with van der Waals surface area (Å²) in [6, 6.07) is 0.219. The van der Waals surface area contributed by atoms with Crippen molar-refractivity contribution in [2.45, 2.75) is 58.6 Å². The first-order chi connectivity index (χ1) is 11.9. The minimum atomic E-state index is -0.451. The Kier molecular flexibility index (Phi) is 9.99. The molecule has 0 bridgehead atoms. The molecule has 1 saturated heterocycles. The SMILES string of the molecule is CCNC(=NCCCOCC1CC1)NC1CN(C(=O)OC(C)(C)C)C1.I. The Balaban J connectivity index is 0.00000338. The number of likely N-dealkylation sites (tertiary alicyclic amines) is 1. The van der Waals surface area contributed by atoms with Gasteiger partial charge in [-0.2, -0.15) is 0 Å². The highest BCUT2D eigenvalue weighted by Crippen LogP contribution is 2.28. The zero-order valence-corrected chi connectivity index (χ0v) is 18.9. The summed E-state index contributed by atoms with van der Waals surface area (Å²) in [5.74, 6) is 1.62. The van der Waals surface area contributed by atoms with Gasteiger partial charge in [-0.1, -0.05) is 0 Å². The van der Waals surface area contributed by atoms with Gasteiger partial charge in [-0.3, -0.25) is 4.99 Å². The summed E-state index contributed by atoms with van der Waals surface area (Å²) >= 11 is 0. The van der Waals surface area contributed by atoms with Crippen molar-refractivity contribution >= 4 is 36.0 Å². The Morgan fingerprint density at radius 2 is 1.96 bits per heavy atom. The number of carbonyl (C=O) groups excluding carboxylic acids is 1. The van der Waals surface area contributed by atoms with E-state index in [1.54, 1.807) is 4.90 Å². The van der Waals surface area contributed by atoms with Gasteiger partial charge in [0.1, 0.15) is 5.60 Å². The summed E-state index contributed by atoms with van der Waals surface area (Å²) in [5, 5.41) is 6.62. The third-order valence-corrected chi connectivity index (χ3v) is 3.99. The Hall–Kier alpha value is -0.770. The number of guanidine groups is 1. The van der Waals surface area contributed by atoms with Gasteiger partial charge in [0.15, 0.2) is 5.96 Å². The van der Waals surface area contributed by atoms with Crippen LogP contribution in [-0.2, 0) is 9.47 Å². The molecule has 8 heteroatoms. The van der Waals surface area contributed by atoms with E-state index in [1.165, 1.54) is 12.8 Å². The number of rotatable bonds is 8. The van der Waals surface area contributed by atoms with Gasteiger partial charge < -0.3 is 25.0 Å². The van der Waals surface area contributed by atoms with Crippen molar-refractivity contribution in [3.8, 4) is 0 Å². The zero-order chi connectivity index (χ0) is 18.3. The predicted molar refractivity (Wildman–Crippen MR) is 114 cm³/mol. The number of hydrogen-bond donors (Lipinski definition) is 2. The molecule has 2 N–H and O–H groups in total. The lowest BCUT2D eigenvalue weighted by atomic mass is 10.1. The van der Waals surface area contributed by atoms with Gasteiger partial charge in [-0.25, -0.2) is 4.79 Å². The molecule has 2 aliphatic rings. The van der Waals surface area contributed by atoms with E-state index in [-0.39, 0.29) is 36.1 Å². The summed E-state index contributed by atoms with van der Waals surface area (Å²) in [5.41, 5.74) is -0.451. The molecule has 0 aromatic rings. The second-order valence-corrected chi connectivity index (χ2v) is 7.86. The molecule has 1 aliphatic heterocycles. The summed E-state index contributed by atoms with van der Waals surface area (Å²) in [7, 11) is 0. The van der Waals surface area contributed by atoms with Crippen LogP contribution < -0.4 is 10.6 Å². The van der Waals surface area contributed by atoms with E-state index in [9.17, 15) is 4.79 Å². The van der Waals surface area contributed by atoms with E-state index >= 15 is 0 Å². The molecule has 0 aromatic carbocycles. The van der Waals surface area contributed by atoms with Gasteiger partial charge in [-0.15, -0.1) is 24.0 Å². The Labute approximate surface area is 174 Å². The highest BCUT2D eigenvalue weighted by Gasteiger charge is 2.34. The Morgan fingerprint density at radius 3 is 2.54 bits per heavy atom. The third-order valence-electron chi connectivity index (χ3n) is 3.99. The zero-order valence-electron chi connectivity index (χ0n) is 16.5. The quantitative estimate of drug-likeness (QED) is 0.241. The average Bonchev–Trinajstić information content (AvgIpc) is 3.27. The highest BCUT2D eigenvalue weighted by atomic mass is 127. The van der Waals surface area contributed by atoms with Crippen LogP contribution in [0.4, 0.5) is 4.79 Å². The largest absolute Gasteiger partial charge is 0.444 e. The van der Waals surface area contributed by atoms with E-state index in [0.717, 1.165) is 44.6 Å². The Morgan fingerprint density at radius 1 is 1.27 bits per heavy atom. The lowest BCUT2D eigenvalue weighted by molar-refractivity contribution is 0.00700. The molecule has 26 heavy (non-hydrogen) atoms. The lowest BCUT2D eigenvalue weighted by Gasteiger charge is -2.40. The standard InChI is InChI=1S/C18H34N4O3.HI/c1-5-19-16(20-9-6-10-24-13-14-7-8-14)21-15-11-22(12-15)17(23)25-18(2,3)4;/h14-15H,5-13H2,1-4H3,(H2,19,20,21);1H. The van der Waals surface area contributed by atoms with Crippen molar-refractivity contribution in [1.82, 2.24) is 15.5 Å². The fraction of sp³-hybridized carbons (Fsp3) is 0.889. The number of halogens is 1. The van der Waals surface area contributed by atoms with Gasteiger partial charge in [0, 0.05) is 39.4 Å². The molecular formula is C18H35IN4O3. The summed E-state index contributed by atoms with van der Waals surface area (Å²) in [6.07, 6.45) is 3.33. The highest BCUT2D eigenvalue weighted by molar-refractivity contribution is 14.0. The number of nitrogens with one attached hydrogen (secondary N) is 2. The van der Waals surface area contributed by atoms with Crippen molar-refractivity contribution in [3.05, 3.63) is 0 Å². The van der Waals surface area contributed by atoms with Gasteiger partial charge in [-0.05, 0) is 52.9 Å². The molecule has 0 unspecified atom stereocenters. The molecule has 2 fully saturated rings. The van der Waals surface area contributed by atoms with E-state index < -0.39 is 5.60 Å². The Bertz CT molecular complexity index is 458. The van der Waals surface area contributed by atoms with E-state index in [4.69, 9.17) is 9.47 Å². The van der Waals surface area contributed by atoms with E-state index in [0.29, 0.717) is 13.1 Å². The minimum Gasteiger partial charge on any atom is -0.444 e. The van der Waals surface area contributed by atoms with Crippen LogP contribution in [0.5, 0.6) is 0 Å². The minimum absolute atomic E-state index is 0. The van der Waals surface area contributed by atoms with Crippen LogP contribution in [0.15, 0.2) is 4.99 Å². The van der Waals surface area contributed by atoms with E-state index in [2.05, 4.69) is 15.6 Å². The van der Waals surface area contributed by atoms with E-state index in [1.807, 2.05) is 27.7 Å². The number of hydrogen-bond acceptors (Lipinski definition) is 4. The molecule has 1 amide bonds. The number of amides is 1. The van der Waals surface area contributed by atoms with Crippen LogP contribution in [-0.4, -0.2) is 68.0 Å². The van der Waals surface area contributed by atoms with Crippen molar-refractivity contribution < 1.29 is 14.3 Å². The monoisotopic (exact) mass is 482 g/mol. The van der Waals surface area contributed by atoms with Crippen molar-refractivity contribution in [3.63, 3.8) is 0 Å². The third kappa shape index (κ3) is 9.25. The average molecular weight is 482 g/mol. The van der Waals surface area contributed by atoms with Gasteiger partial charge in [0.2, 0.25) is 0 Å². The first-order valence-corrected chi connectivity index (χ1v) is 9.48. The number of ether oxygens (including phenoxy) is 2. The second kappa shape index (κ2) is 11.2. The maximum absolute atomic E-state index is 11.9. The van der Waals surface area contributed by atoms with Gasteiger partial charge >= 0.3 is 6.09 Å². The molecular weight excluding hydrogens is 447 g/mol. The molecule has 152 valence electrons. The van der Waals surface area contributed by atoms with Crippen molar-refractivity contribution in [2.24, 2.45) is 10.9 Å². The van der Waals surface area contributed by atoms with Gasteiger partial charge in [0.25, 0.3) is 0 Å². The molecule has 7 nitrogen and oxygen atoms in total. The van der Waals surface area contributed by atoms with Crippen LogP contribution in [0, 0.1) is 5.92 Å². The van der Waals surface area contributed by atoms with Crippen LogP contribution in [0.1, 0.15) is 47.0 Å². The summed E-state index contributed by atoms with van der Waals surface area (Å²) < 4.78 is 11.0. The maximum atomic E-state index is 11.9. The van der Waals surface area contributed by atoms with Crippen LogP contribution >= 0.6 is 24.0 Å². The predicted octanol–water partition coefficient (Wildman–Crippen LogP) is 2.60. The fourth-order valence-electron chi connectivity index (χ4n) is 2.45. The molecule has 0 aromatic heterocycles. The smallest absolute Gasteiger partial charge is 0.410 e. The molecule has 2 rings (SSSR count). The van der Waals surface area contributed by atoms with Gasteiger partial charge in [0.05, 0.1) is 6.04 Å². The van der Waals surface area contributed by atoms with Crippen LogP contribution in [0.25, 0.3) is 0 Å². The first-order valence-electron chi connectivity index (χ1n) is 9.48. The lowest BCUT2D eigenvalue weighted by Crippen LogP contribution is -2.63. The first kappa shape index (κ1) is 23.3. The number of nitrogens with zero attached hydrogens (tertiary/aromatic N) is 2. The molecule has 0 spiro atoms. The van der Waals surface area contributed by atoms with Crippen LogP contribution in [0.3, 0.4) is 0 Å². The number of aliphatic imine (C=N–C) groups is 1. The molecule has 1 heterocycles. The fourth-order valence-corrected chi connectivity index (χ4v) is 2.45. The maximum Gasteiger partial charge on any atom is 0.410 e. The molecule has 0 radical (unpaired) electrons. The topological polar surface area (TPSA) is 75.2 Å². The summed E-state index contributed by atoms with van der Waals surface area (Å²) in [6.45, 7) is 12.2. The van der Waals surface area contributed by atoms with Crippen molar-refractivity contribution in [1.29, 1.82) is 0 Å².